The summed E-state index contributed by atoms with van der Waals surface area (Å²) in [7, 11) is 1.63. The van der Waals surface area contributed by atoms with Crippen LogP contribution in [0.3, 0.4) is 0 Å². The number of methoxy groups -OCH3 is 1. The average molecular weight is 368 g/mol. The molecular formula is C22H24O5. The lowest BCUT2D eigenvalue weighted by atomic mass is 10.1. The number of carbonyl (C=O) groups is 1. The summed E-state index contributed by atoms with van der Waals surface area (Å²) in [6.07, 6.45) is 1.48. The Morgan fingerprint density at radius 1 is 1.19 bits per heavy atom. The van der Waals surface area contributed by atoms with Gasteiger partial charge in [0, 0.05) is 6.42 Å². The highest BCUT2D eigenvalue weighted by atomic mass is 16.6. The van der Waals surface area contributed by atoms with Crippen LogP contribution in [-0.2, 0) is 20.8 Å². The largest absolute Gasteiger partial charge is 0.497 e. The molecule has 0 N–H and O–H groups in total. The third kappa shape index (κ3) is 5.18. The molecule has 0 aromatic heterocycles. The van der Waals surface area contributed by atoms with E-state index in [-0.39, 0.29) is 24.3 Å². The van der Waals surface area contributed by atoms with Gasteiger partial charge in [0.05, 0.1) is 32.0 Å². The van der Waals surface area contributed by atoms with Crippen molar-refractivity contribution < 1.29 is 23.7 Å². The van der Waals surface area contributed by atoms with E-state index >= 15 is 0 Å². The lowest BCUT2D eigenvalue weighted by Gasteiger charge is -2.19. The zero-order valence-electron chi connectivity index (χ0n) is 15.4. The molecule has 5 heteroatoms. The minimum Gasteiger partial charge on any atom is -0.497 e. The van der Waals surface area contributed by atoms with Crippen LogP contribution >= 0.6 is 0 Å². The second kappa shape index (κ2) is 9.35. The summed E-state index contributed by atoms with van der Waals surface area (Å²) in [5, 5.41) is 0. The van der Waals surface area contributed by atoms with Crippen molar-refractivity contribution in [3.05, 3.63) is 78.4 Å². The highest BCUT2D eigenvalue weighted by Crippen LogP contribution is 2.25. The monoisotopic (exact) mass is 368 g/mol. The van der Waals surface area contributed by atoms with Crippen LogP contribution in [0.15, 0.2) is 67.3 Å². The predicted molar refractivity (Wildman–Crippen MR) is 102 cm³/mol. The van der Waals surface area contributed by atoms with E-state index in [0.717, 1.165) is 11.3 Å². The highest BCUT2D eigenvalue weighted by Gasteiger charge is 2.37. The summed E-state index contributed by atoms with van der Waals surface area (Å²) in [6, 6.07) is 16.6. The van der Waals surface area contributed by atoms with E-state index < -0.39 is 0 Å². The third-order valence-electron chi connectivity index (χ3n) is 4.47. The van der Waals surface area contributed by atoms with E-state index in [2.05, 4.69) is 6.58 Å². The van der Waals surface area contributed by atoms with E-state index in [4.69, 9.17) is 18.9 Å². The Bertz CT molecular complexity index is 741. The lowest BCUT2D eigenvalue weighted by molar-refractivity contribution is -0.0489. The number of carbonyl (C=O) groups excluding carboxylic acids is 1. The number of hydrogen-bond donors (Lipinski definition) is 0. The van der Waals surface area contributed by atoms with Gasteiger partial charge >= 0.3 is 5.97 Å². The Kier molecular flexibility index (Phi) is 6.63. The molecule has 2 aromatic rings. The Balaban J connectivity index is 1.54. The van der Waals surface area contributed by atoms with Crippen LogP contribution in [0.1, 0.15) is 22.3 Å². The molecular weight excluding hydrogens is 344 g/mol. The molecule has 0 radical (unpaired) electrons. The molecule has 1 fully saturated rings. The average Bonchev–Trinajstić information content (AvgIpc) is 3.11. The summed E-state index contributed by atoms with van der Waals surface area (Å²) in [6.45, 7) is 4.56. The first-order chi connectivity index (χ1) is 13.2. The van der Waals surface area contributed by atoms with Crippen LogP contribution in [-0.4, -0.2) is 38.0 Å². The van der Waals surface area contributed by atoms with Crippen LogP contribution in [0.25, 0.3) is 0 Å². The van der Waals surface area contributed by atoms with E-state index in [1.165, 1.54) is 0 Å². The zero-order valence-corrected chi connectivity index (χ0v) is 15.4. The molecule has 0 bridgehead atoms. The maximum absolute atomic E-state index is 12.3. The second-order valence-corrected chi connectivity index (χ2v) is 6.36. The molecule has 3 atom stereocenters. The Morgan fingerprint density at radius 2 is 1.93 bits per heavy atom. The van der Waals surface area contributed by atoms with Gasteiger partial charge in [-0.05, 0) is 29.8 Å². The van der Waals surface area contributed by atoms with Gasteiger partial charge in [-0.15, -0.1) is 6.58 Å². The van der Waals surface area contributed by atoms with Gasteiger partial charge in [0.25, 0.3) is 0 Å². The second-order valence-electron chi connectivity index (χ2n) is 6.36. The van der Waals surface area contributed by atoms with Crippen molar-refractivity contribution in [3.63, 3.8) is 0 Å². The van der Waals surface area contributed by atoms with Crippen LogP contribution in [0.5, 0.6) is 5.75 Å². The summed E-state index contributed by atoms with van der Waals surface area (Å²) < 4.78 is 22.5. The minimum absolute atomic E-state index is 0.145. The summed E-state index contributed by atoms with van der Waals surface area (Å²) in [5.74, 6) is 0.452. The molecule has 27 heavy (non-hydrogen) atoms. The van der Waals surface area contributed by atoms with Gasteiger partial charge in [-0.1, -0.05) is 36.4 Å². The number of ether oxygens (including phenoxy) is 4. The fourth-order valence-electron chi connectivity index (χ4n) is 2.97. The van der Waals surface area contributed by atoms with Crippen molar-refractivity contribution >= 4 is 5.97 Å². The first kappa shape index (κ1) is 19.1. The predicted octanol–water partition coefficient (Wildman–Crippen LogP) is 3.78. The summed E-state index contributed by atoms with van der Waals surface area (Å²) in [5.41, 5.74) is 1.56. The molecule has 5 nitrogen and oxygen atoms in total. The van der Waals surface area contributed by atoms with Gasteiger partial charge in [-0.3, -0.25) is 0 Å². The molecule has 0 saturated carbocycles. The van der Waals surface area contributed by atoms with E-state index in [1.807, 2.05) is 42.5 Å². The van der Waals surface area contributed by atoms with Crippen molar-refractivity contribution in [3.8, 4) is 5.75 Å². The van der Waals surface area contributed by atoms with Crippen molar-refractivity contribution in [1.82, 2.24) is 0 Å². The van der Waals surface area contributed by atoms with Crippen molar-refractivity contribution in [1.29, 1.82) is 0 Å². The van der Waals surface area contributed by atoms with Gasteiger partial charge in [0.15, 0.2) is 0 Å². The smallest absolute Gasteiger partial charge is 0.338 e. The quantitative estimate of drug-likeness (QED) is 0.524. The third-order valence-corrected chi connectivity index (χ3v) is 4.47. The highest BCUT2D eigenvalue weighted by molar-refractivity contribution is 5.89. The van der Waals surface area contributed by atoms with Crippen LogP contribution in [0.2, 0.25) is 0 Å². The molecule has 2 aromatic carbocycles. The standard InChI is InChI=1S/C22H24O5/c1-3-18-13-20(27-22(23)17-7-5-4-6-8-17)21(26-18)15-25-14-16-9-11-19(24-2)12-10-16/h3-12,18,20-21H,1,13-15H2,2H3/t18-,20+,21+/m0/s1. The Morgan fingerprint density at radius 3 is 2.59 bits per heavy atom. The SMILES string of the molecule is C=C[C@H]1C[C@@H](OC(=O)c2ccccc2)[C@@H](COCc2ccc(OC)cc2)O1. The molecule has 0 unspecified atom stereocenters. The van der Waals surface area contributed by atoms with Crippen molar-refractivity contribution in [2.24, 2.45) is 0 Å². The maximum atomic E-state index is 12.3. The maximum Gasteiger partial charge on any atom is 0.338 e. The molecule has 1 aliphatic heterocycles. The number of rotatable bonds is 8. The molecule has 0 spiro atoms. The normalized spacial score (nSPS) is 21.6. The first-order valence-electron chi connectivity index (χ1n) is 8.94. The molecule has 0 amide bonds. The van der Waals surface area contributed by atoms with Crippen LogP contribution in [0, 0.1) is 0 Å². The van der Waals surface area contributed by atoms with E-state index in [1.54, 1.807) is 25.3 Å². The van der Waals surface area contributed by atoms with Gasteiger partial charge in [-0.2, -0.15) is 0 Å². The Labute approximate surface area is 159 Å². The molecule has 142 valence electrons. The molecule has 1 saturated heterocycles. The minimum atomic E-state index is -0.364. The molecule has 1 aliphatic rings. The molecule has 1 heterocycles. The molecule has 3 rings (SSSR count). The lowest BCUT2D eigenvalue weighted by Crippen LogP contribution is -2.31. The van der Waals surface area contributed by atoms with Gasteiger partial charge < -0.3 is 18.9 Å². The van der Waals surface area contributed by atoms with Gasteiger partial charge in [0.1, 0.15) is 18.0 Å². The van der Waals surface area contributed by atoms with Crippen molar-refractivity contribution in [2.45, 2.75) is 31.3 Å². The zero-order chi connectivity index (χ0) is 19.1. The summed E-state index contributed by atoms with van der Waals surface area (Å²) in [4.78, 5) is 12.3. The number of benzene rings is 2. The summed E-state index contributed by atoms with van der Waals surface area (Å²) >= 11 is 0. The number of hydrogen-bond acceptors (Lipinski definition) is 5. The number of esters is 1. The fraction of sp³-hybridized carbons (Fsp3) is 0.318. The van der Waals surface area contributed by atoms with Gasteiger partial charge in [-0.25, -0.2) is 4.79 Å². The topological polar surface area (TPSA) is 54.0 Å². The first-order valence-corrected chi connectivity index (χ1v) is 8.94. The van der Waals surface area contributed by atoms with Gasteiger partial charge in [0.2, 0.25) is 0 Å². The van der Waals surface area contributed by atoms with Crippen LogP contribution < -0.4 is 4.74 Å². The van der Waals surface area contributed by atoms with Crippen molar-refractivity contribution in [2.75, 3.05) is 13.7 Å². The van der Waals surface area contributed by atoms with E-state index in [9.17, 15) is 4.79 Å². The van der Waals surface area contributed by atoms with Crippen LogP contribution in [0.4, 0.5) is 0 Å². The van der Waals surface area contributed by atoms with E-state index in [0.29, 0.717) is 25.2 Å². The Hall–Kier alpha value is -2.63. The fourth-order valence-corrected chi connectivity index (χ4v) is 2.97. The molecule has 0 aliphatic carbocycles.